The van der Waals surface area contributed by atoms with Gasteiger partial charge >= 0.3 is 0 Å². The minimum Gasteiger partial charge on any atom is -0.369 e. The number of aromatic amines is 1. The third-order valence-corrected chi connectivity index (χ3v) is 5.77. The molecular formula is C19H31N5O2. The van der Waals surface area contributed by atoms with Crippen molar-refractivity contribution in [3.63, 3.8) is 0 Å². The van der Waals surface area contributed by atoms with Gasteiger partial charge in [0.2, 0.25) is 5.91 Å². The number of rotatable bonds is 6. The molecule has 2 aliphatic rings. The van der Waals surface area contributed by atoms with Crippen LogP contribution < -0.4 is 15.8 Å². The Bertz CT molecular complexity index is 641. The van der Waals surface area contributed by atoms with Gasteiger partial charge in [-0.3, -0.25) is 9.59 Å². The van der Waals surface area contributed by atoms with Crippen LogP contribution >= 0.6 is 0 Å². The summed E-state index contributed by atoms with van der Waals surface area (Å²) in [4.78, 5) is 28.5. The van der Waals surface area contributed by atoms with E-state index in [9.17, 15) is 9.59 Å². The van der Waals surface area contributed by atoms with Crippen LogP contribution in [0.25, 0.3) is 0 Å². The summed E-state index contributed by atoms with van der Waals surface area (Å²) in [5.74, 6) is 0.104. The largest absolute Gasteiger partial charge is 0.369 e. The molecule has 0 spiro atoms. The topological polar surface area (TPSA) is 81.3 Å². The Balaban J connectivity index is 1.44. The Morgan fingerprint density at radius 2 is 2.12 bits per heavy atom. The summed E-state index contributed by atoms with van der Waals surface area (Å²) in [5.41, 5.74) is 0.586. The van der Waals surface area contributed by atoms with E-state index in [1.807, 2.05) is 0 Å². The van der Waals surface area contributed by atoms with Crippen LogP contribution in [-0.2, 0) is 4.79 Å². The van der Waals surface area contributed by atoms with E-state index in [0.717, 1.165) is 31.6 Å². The van der Waals surface area contributed by atoms with E-state index in [0.29, 0.717) is 19.1 Å². The third-order valence-electron chi connectivity index (χ3n) is 5.77. The first-order valence-electron chi connectivity index (χ1n) is 9.91. The SMILES string of the molecule is CN(CCNC(=O)[C@H]1CCCN(c2cn[nH]c(=O)c2)C1)C1CCCCC1. The van der Waals surface area contributed by atoms with E-state index < -0.39 is 0 Å². The third kappa shape index (κ3) is 5.06. The van der Waals surface area contributed by atoms with E-state index in [1.165, 1.54) is 32.1 Å². The molecule has 1 aromatic rings. The molecule has 1 atom stereocenters. The highest BCUT2D eigenvalue weighted by atomic mass is 16.2. The van der Waals surface area contributed by atoms with Crippen LogP contribution in [0.15, 0.2) is 17.1 Å². The number of H-pyrrole nitrogens is 1. The van der Waals surface area contributed by atoms with E-state index in [1.54, 1.807) is 12.3 Å². The first-order valence-corrected chi connectivity index (χ1v) is 9.91. The lowest BCUT2D eigenvalue weighted by atomic mass is 9.94. The van der Waals surface area contributed by atoms with Crippen LogP contribution in [0.1, 0.15) is 44.9 Å². The number of hydrogen-bond acceptors (Lipinski definition) is 5. The zero-order chi connectivity index (χ0) is 18.4. The van der Waals surface area contributed by atoms with Crippen molar-refractivity contribution < 1.29 is 4.79 Å². The first-order chi connectivity index (χ1) is 12.6. The summed E-state index contributed by atoms with van der Waals surface area (Å²) in [7, 11) is 2.17. The van der Waals surface area contributed by atoms with E-state index >= 15 is 0 Å². The zero-order valence-electron chi connectivity index (χ0n) is 15.7. The second-order valence-electron chi connectivity index (χ2n) is 7.65. The monoisotopic (exact) mass is 361 g/mol. The minimum absolute atomic E-state index is 0.0250. The predicted octanol–water partition coefficient (Wildman–Crippen LogP) is 1.37. The summed E-state index contributed by atoms with van der Waals surface area (Å²) < 4.78 is 0. The molecule has 7 nitrogen and oxygen atoms in total. The quantitative estimate of drug-likeness (QED) is 0.800. The van der Waals surface area contributed by atoms with Crippen LogP contribution in [0.2, 0.25) is 0 Å². The standard InChI is InChI=1S/C19H31N5O2/c1-23(16-7-3-2-4-8-16)11-9-20-19(26)15-6-5-10-24(14-15)17-12-18(25)22-21-13-17/h12-13,15-16H,2-11,14H2,1H3,(H,20,26)(H,22,25)/t15-/m0/s1. The lowest BCUT2D eigenvalue weighted by Crippen LogP contribution is -2.45. The summed E-state index contributed by atoms with van der Waals surface area (Å²) in [5, 5.41) is 9.37. The van der Waals surface area contributed by atoms with Crippen molar-refractivity contribution in [1.82, 2.24) is 20.4 Å². The fraction of sp³-hybridized carbons (Fsp3) is 0.737. The lowest BCUT2D eigenvalue weighted by molar-refractivity contribution is -0.125. The number of carbonyl (C=O) groups excluding carboxylic acids is 1. The number of aromatic nitrogens is 2. The maximum absolute atomic E-state index is 12.6. The van der Waals surface area contributed by atoms with Gasteiger partial charge in [-0.05, 0) is 32.7 Å². The van der Waals surface area contributed by atoms with Crippen LogP contribution in [0.4, 0.5) is 5.69 Å². The molecule has 3 rings (SSSR count). The molecule has 2 fully saturated rings. The molecule has 1 saturated carbocycles. The number of carbonyl (C=O) groups is 1. The Morgan fingerprint density at radius 3 is 2.88 bits per heavy atom. The molecule has 1 aliphatic carbocycles. The van der Waals surface area contributed by atoms with Crippen molar-refractivity contribution >= 4 is 11.6 Å². The van der Waals surface area contributed by atoms with Gasteiger partial charge in [0, 0.05) is 38.3 Å². The van der Waals surface area contributed by atoms with Gasteiger partial charge in [-0.15, -0.1) is 0 Å². The average molecular weight is 361 g/mol. The van der Waals surface area contributed by atoms with Crippen molar-refractivity contribution in [3.05, 3.63) is 22.6 Å². The molecule has 26 heavy (non-hydrogen) atoms. The zero-order valence-corrected chi connectivity index (χ0v) is 15.7. The molecule has 0 unspecified atom stereocenters. The second kappa shape index (κ2) is 9.16. The number of likely N-dealkylation sites (N-methyl/N-ethyl adjacent to an activating group) is 1. The fourth-order valence-corrected chi connectivity index (χ4v) is 4.17. The molecule has 1 aliphatic heterocycles. The van der Waals surface area contributed by atoms with Gasteiger partial charge in [-0.25, -0.2) is 5.10 Å². The van der Waals surface area contributed by atoms with Crippen molar-refractivity contribution in [3.8, 4) is 0 Å². The van der Waals surface area contributed by atoms with Crippen molar-refractivity contribution in [2.75, 3.05) is 38.1 Å². The van der Waals surface area contributed by atoms with E-state index in [4.69, 9.17) is 0 Å². The molecular weight excluding hydrogens is 330 g/mol. The van der Waals surface area contributed by atoms with Gasteiger partial charge < -0.3 is 15.1 Å². The van der Waals surface area contributed by atoms with Crippen LogP contribution in [0, 0.1) is 5.92 Å². The van der Waals surface area contributed by atoms with E-state index in [2.05, 4.69) is 32.4 Å². The molecule has 0 bridgehead atoms. The van der Waals surface area contributed by atoms with Gasteiger partial charge in [0.15, 0.2) is 0 Å². The van der Waals surface area contributed by atoms with E-state index in [-0.39, 0.29) is 17.4 Å². The van der Waals surface area contributed by atoms with Gasteiger partial charge in [0.05, 0.1) is 17.8 Å². The molecule has 2 heterocycles. The smallest absolute Gasteiger partial charge is 0.266 e. The molecule has 0 radical (unpaired) electrons. The molecule has 7 heteroatoms. The number of nitrogens with one attached hydrogen (secondary N) is 2. The Hall–Kier alpha value is -1.89. The predicted molar refractivity (Wildman–Crippen MR) is 102 cm³/mol. The van der Waals surface area contributed by atoms with Crippen LogP contribution in [-0.4, -0.2) is 60.3 Å². The Morgan fingerprint density at radius 1 is 1.31 bits per heavy atom. The molecule has 2 N–H and O–H groups in total. The summed E-state index contributed by atoms with van der Waals surface area (Å²) in [6, 6.07) is 2.22. The molecule has 1 amide bonds. The van der Waals surface area contributed by atoms with Crippen molar-refractivity contribution in [2.45, 2.75) is 51.0 Å². The Kier molecular flexibility index (Phi) is 6.66. The minimum atomic E-state index is -0.208. The summed E-state index contributed by atoms with van der Waals surface area (Å²) in [6.45, 7) is 3.12. The fourth-order valence-electron chi connectivity index (χ4n) is 4.17. The summed E-state index contributed by atoms with van der Waals surface area (Å²) >= 11 is 0. The van der Waals surface area contributed by atoms with Gasteiger partial charge in [0.1, 0.15) is 0 Å². The maximum atomic E-state index is 12.6. The van der Waals surface area contributed by atoms with Crippen molar-refractivity contribution in [1.29, 1.82) is 0 Å². The second-order valence-corrected chi connectivity index (χ2v) is 7.65. The van der Waals surface area contributed by atoms with Crippen LogP contribution in [0.3, 0.4) is 0 Å². The normalized spacial score (nSPS) is 21.8. The van der Waals surface area contributed by atoms with Crippen molar-refractivity contribution in [2.24, 2.45) is 5.92 Å². The highest BCUT2D eigenvalue weighted by Gasteiger charge is 2.26. The van der Waals surface area contributed by atoms with Gasteiger partial charge in [0.25, 0.3) is 5.56 Å². The van der Waals surface area contributed by atoms with Crippen LogP contribution in [0.5, 0.6) is 0 Å². The Labute approximate surface area is 155 Å². The molecule has 0 aromatic carbocycles. The number of anilines is 1. The highest BCUT2D eigenvalue weighted by molar-refractivity contribution is 5.79. The number of amides is 1. The number of hydrogen-bond donors (Lipinski definition) is 2. The highest BCUT2D eigenvalue weighted by Crippen LogP contribution is 2.22. The average Bonchev–Trinajstić information content (AvgIpc) is 2.68. The van der Waals surface area contributed by atoms with Gasteiger partial charge in [-0.2, -0.15) is 5.10 Å². The lowest BCUT2D eigenvalue weighted by Gasteiger charge is -2.34. The maximum Gasteiger partial charge on any atom is 0.266 e. The van der Waals surface area contributed by atoms with Gasteiger partial charge in [-0.1, -0.05) is 19.3 Å². The molecule has 144 valence electrons. The summed E-state index contributed by atoms with van der Waals surface area (Å²) in [6.07, 6.45) is 10.1. The number of piperidine rings is 1. The molecule has 1 aromatic heterocycles. The first kappa shape index (κ1) is 18.9. The number of nitrogens with zero attached hydrogens (tertiary/aromatic N) is 3. The molecule has 1 saturated heterocycles.